The van der Waals surface area contributed by atoms with Crippen LogP contribution in [-0.2, 0) is 0 Å². The van der Waals surface area contributed by atoms with Gasteiger partial charge >= 0.3 is 5.97 Å². The van der Waals surface area contributed by atoms with Gasteiger partial charge in [-0.3, -0.25) is 0 Å². The van der Waals surface area contributed by atoms with Crippen molar-refractivity contribution in [1.29, 1.82) is 0 Å². The van der Waals surface area contributed by atoms with Crippen LogP contribution in [-0.4, -0.2) is 30.2 Å². The van der Waals surface area contributed by atoms with Crippen molar-refractivity contribution in [2.75, 3.05) is 19.0 Å². The van der Waals surface area contributed by atoms with Crippen molar-refractivity contribution >= 4 is 22.6 Å². The molecule has 1 aromatic carbocycles. The molecule has 0 atom stereocenters. The predicted octanol–water partition coefficient (Wildman–Crippen LogP) is 2.00. The highest BCUT2D eigenvalue weighted by atomic mass is 16.4. The fraction of sp³-hybridized carbons (Fsp3) is 0.167. The van der Waals surface area contributed by atoms with Crippen molar-refractivity contribution in [2.45, 2.75) is 0 Å². The lowest BCUT2D eigenvalue weighted by Crippen LogP contribution is -2.12. The quantitative estimate of drug-likeness (QED) is 0.834. The summed E-state index contributed by atoms with van der Waals surface area (Å²) in [5.74, 6) is -0.172. The molecule has 0 bridgehead atoms. The lowest BCUT2D eigenvalue weighted by atomic mass is 10.1. The smallest absolute Gasteiger partial charge is 0.337 e. The molecule has 0 spiro atoms. The first-order valence-electron chi connectivity index (χ1n) is 4.89. The van der Waals surface area contributed by atoms with Gasteiger partial charge in [0.25, 0.3) is 0 Å². The molecule has 16 heavy (non-hydrogen) atoms. The number of carboxylic acid groups (broad SMARTS) is 1. The molecule has 0 aliphatic carbocycles. The van der Waals surface area contributed by atoms with Crippen LogP contribution in [0.3, 0.4) is 0 Å². The van der Waals surface area contributed by atoms with Gasteiger partial charge < -0.3 is 10.0 Å². The van der Waals surface area contributed by atoms with Crippen molar-refractivity contribution in [2.24, 2.45) is 0 Å². The molecule has 0 fully saturated rings. The van der Waals surface area contributed by atoms with E-state index in [0.717, 1.165) is 11.2 Å². The molecule has 0 saturated carbocycles. The molecule has 0 aliphatic heterocycles. The highest BCUT2D eigenvalue weighted by Crippen LogP contribution is 2.25. The summed E-state index contributed by atoms with van der Waals surface area (Å²) in [6.07, 6.45) is 1.40. The molecule has 4 nitrogen and oxygen atoms in total. The molecule has 1 aromatic heterocycles. The number of carboxylic acids is 1. The number of pyridine rings is 1. The van der Waals surface area contributed by atoms with Crippen LogP contribution in [0.1, 0.15) is 10.4 Å². The Morgan fingerprint density at radius 1 is 1.25 bits per heavy atom. The molecule has 2 rings (SSSR count). The summed E-state index contributed by atoms with van der Waals surface area (Å²) in [7, 11) is 3.77. The second-order valence-corrected chi connectivity index (χ2v) is 3.74. The minimum Gasteiger partial charge on any atom is -0.478 e. The highest BCUT2D eigenvalue weighted by Gasteiger charge is 2.12. The van der Waals surface area contributed by atoms with Gasteiger partial charge in [0.05, 0.1) is 5.56 Å². The number of benzene rings is 1. The van der Waals surface area contributed by atoms with E-state index in [-0.39, 0.29) is 5.56 Å². The molecule has 0 unspecified atom stereocenters. The van der Waals surface area contributed by atoms with Crippen molar-refractivity contribution in [3.63, 3.8) is 0 Å². The molecular weight excluding hydrogens is 204 g/mol. The Bertz CT molecular complexity index is 550. The van der Waals surface area contributed by atoms with Crippen LogP contribution in [0.2, 0.25) is 0 Å². The van der Waals surface area contributed by atoms with Gasteiger partial charge in [-0.25, -0.2) is 9.78 Å². The van der Waals surface area contributed by atoms with Crippen molar-refractivity contribution in [1.82, 2.24) is 4.98 Å². The predicted molar refractivity (Wildman–Crippen MR) is 63.0 cm³/mol. The van der Waals surface area contributed by atoms with Gasteiger partial charge in [0.15, 0.2) is 0 Å². The molecule has 1 heterocycles. The zero-order chi connectivity index (χ0) is 11.7. The van der Waals surface area contributed by atoms with Gasteiger partial charge in [0.1, 0.15) is 5.82 Å². The van der Waals surface area contributed by atoms with E-state index in [1.165, 1.54) is 6.20 Å². The number of nitrogens with zero attached hydrogens (tertiary/aromatic N) is 2. The Morgan fingerprint density at radius 2 is 1.88 bits per heavy atom. The second-order valence-electron chi connectivity index (χ2n) is 3.74. The van der Waals surface area contributed by atoms with Crippen LogP contribution in [0, 0.1) is 0 Å². The number of rotatable bonds is 2. The first kappa shape index (κ1) is 10.4. The highest BCUT2D eigenvalue weighted by molar-refractivity contribution is 6.06. The average molecular weight is 216 g/mol. The van der Waals surface area contributed by atoms with E-state index in [2.05, 4.69) is 4.98 Å². The van der Waals surface area contributed by atoms with E-state index in [4.69, 9.17) is 5.11 Å². The summed E-state index contributed by atoms with van der Waals surface area (Å²) < 4.78 is 0. The SMILES string of the molecule is CN(C)c1ncc(C(=O)O)c2ccccc12. The standard InChI is InChI=1S/C12H12N2O2/c1-14(2)11-9-6-4-3-5-8(9)10(7-13-11)12(15)16/h3-7H,1-2H3,(H,15,16). The number of fused-ring (bicyclic) bond motifs is 1. The number of aromatic carboxylic acids is 1. The maximum Gasteiger partial charge on any atom is 0.337 e. The molecular formula is C12H12N2O2. The lowest BCUT2D eigenvalue weighted by Gasteiger charge is -2.14. The lowest BCUT2D eigenvalue weighted by molar-refractivity contribution is 0.0698. The number of aromatic nitrogens is 1. The third-order valence-corrected chi connectivity index (χ3v) is 2.43. The number of anilines is 1. The molecule has 2 aromatic rings. The van der Waals surface area contributed by atoms with Gasteiger partial charge in [-0.1, -0.05) is 24.3 Å². The Kier molecular flexibility index (Phi) is 2.48. The first-order valence-corrected chi connectivity index (χ1v) is 4.89. The van der Waals surface area contributed by atoms with Crippen LogP contribution in [0.4, 0.5) is 5.82 Å². The van der Waals surface area contributed by atoms with Gasteiger partial charge in [0.2, 0.25) is 0 Å². The maximum absolute atomic E-state index is 11.0. The molecule has 82 valence electrons. The summed E-state index contributed by atoms with van der Waals surface area (Å²) >= 11 is 0. The normalized spacial score (nSPS) is 10.4. The van der Waals surface area contributed by atoms with Gasteiger partial charge in [-0.2, -0.15) is 0 Å². The largest absolute Gasteiger partial charge is 0.478 e. The fourth-order valence-electron chi connectivity index (χ4n) is 1.70. The molecule has 4 heteroatoms. The first-order chi connectivity index (χ1) is 7.61. The molecule has 0 aliphatic rings. The van der Waals surface area contributed by atoms with E-state index in [0.29, 0.717) is 5.39 Å². The molecule has 0 radical (unpaired) electrons. The second kappa shape index (κ2) is 3.81. The fourth-order valence-corrected chi connectivity index (χ4v) is 1.70. The van der Waals surface area contributed by atoms with Crippen molar-refractivity contribution in [3.8, 4) is 0 Å². The van der Waals surface area contributed by atoms with Crippen molar-refractivity contribution < 1.29 is 9.90 Å². The Hall–Kier alpha value is -2.10. The number of hydrogen-bond acceptors (Lipinski definition) is 3. The summed E-state index contributed by atoms with van der Waals surface area (Å²) in [6, 6.07) is 7.38. The third kappa shape index (κ3) is 1.58. The zero-order valence-corrected chi connectivity index (χ0v) is 9.14. The Morgan fingerprint density at radius 3 is 2.44 bits per heavy atom. The minimum absolute atomic E-state index is 0.237. The minimum atomic E-state index is -0.950. The Labute approximate surface area is 93.1 Å². The maximum atomic E-state index is 11.0. The van der Waals surface area contributed by atoms with Crippen LogP contribution in [0.15, 0.2) is 30.5 Å². The van der Waals surface area contributed by atoms with Crippen LogP contribution >= 0.6 is 0 Å². The average Bonchev–Trinajstić information content (AvgIpc) is 2.27. The number of hydrogen-bond donors (Lipinski definition) is 1. The molecule has 1 N–H and O–H groups in total. The van der Waals surface area contributed by atoms with E-state index >= 15 is 0 Å². The summed E-state index contributed by atoms with van der Waals surface area (Å²) in [5.41, 5.74) is 0.237. The summed E-state index contributed by atoms with van der Waals surface area (Å²) in [6.45, 7) is 0. The topological polar surface area (TPSA) is 53.4 Å². The monoisotopic (exact) mass is 216 g/mol. The van der Waals surface area contributed by atoms with Crippen molar-refractivity contribution in [3.05, 3.63) is 36.0 Å². The van der Waals surface area contributed by atoms with E-state index in [1.807, 2.05) is 37.2 Å². The molecule has 0 saturated heterocycles. The van der Waals surface area contributed by atoms with Gasteiger partial charge in [-0.05, 0) is 0 Å². The Balaban J connectivity index is 2.82. The summed E-state index contributed by atoms with van der Waals surface area (Å²) in [4.78, 5) is 17.1. The third-order valence-electron chi connectivity index (χ3n) is 2.43. The van der Waals surface area contributed by atoms with Crippen LogP contribution in [0.25, 0.3) is 10.8 Å². The summed E-state index contributed by atoms with van der Waals surface area (Å²) in [5, 5.41) is 10.6. The van der Waals surface area contributed by atoms with Crippen LogP contribution < -0.4 is 4.90 Å². The van der Waals surface area contributed by atoms with Gasteiger partial charge in [-0.15, -0.1) is 0 Å². The van der Waals surface area contributed by atoms with E-state index < -0.39 is 5.97 Å². The van der Waals surface area contributed by atoms with Gasteiger partial charge in [0, 0.05) is 31.1 Å². The zero-order valence-electron chi connectivity index (χ0n) is 9.14. The van der Waals surface area contributed by atoms with E-state index in [1.54, 1.807) is 6.07 Å². The number of carbonyl (C=O) groups is 1. The molecule has 0 amide bonds. The van der Waals surface area contributed by atoms with E-state index in [9.17, 15) is 4.79 Å². The van der Waals surface area contributed by atoms with Crippen LogP contribution in [0.5, 0.6) is 0 Å².